The van der Waals surface area contributed by atoms with Gasteiger partial charge in [0, 0.05) is 36.7 Å². The molecule has 11 heteroatoms. The van der Waals surface area contributed by atoms with Gasteiger partial charge in [-0.2, -0.15) is 0 Å². The molecule has 0 bridgehead atoms. The van der Waals surface area contributed by atoms with Crippen molar-refractivity contribution >= 4 is 17.5 Å². The van der Waals surface area contributed by atoms with Gasteiger partial charge in [0.05, 0.1) is 17.9 Å². The number of hydrogen-bond donors (Lipinski definition) is 1. The summed E-state index contributed by atoms with van der Waals surface area (Å²) in [5.41, 5.74) is 0.914. The van der Waals surface area contributed by atoms with E-state index in [0.717, 1.165) is 16.7 Å². The van der Waals surface area contributed by atoms with Crippen LogP contribution < -0.4 is 5.32 Å². The van der Waals surface area contributed by atoms with Crippen molar-refractivity contribution in [3.05, 3.63) is 81.7 Å². The number of aromatic nitrogens is 1. The van der Waals surface area contributed by atoms with Crippen LogP contribution in [-0.2, 0) is 17.8 Å². The fourth-order valence-corrected chi connectivity index (χ4v) is 3.86. The third kappa shape index (κ3) is 5.86. The zero-order valence-corrected chi connectivity index (χ0v) is 18.6. The van der Waals surface area contributed by atoms with E-state index in [1.165, 1.54) is 18.2 Å². The van der Waals surface area contributed by atoms with E-state index >= 15 is 0 Å². The first-order valence-corrected chi connectivity index (χ1v) is 10.9. The van der Waals surface area contributed by atoms with E-state index in [2.05, 4.69) is 10.3 Å². The molecule has 35 heavy (non-hydrogen) atoms. The van der Waals surface area contributed by atoms with Gasteiger partial charge < -0.3 is 14.6 Å². The summed E-state index contributed by atoms with van der Waals surface area (Å²) in [6.45, 7) is -0.558. The number of carbonyl (C=O) groups is 2. The number of piperidine rings is 1. The number of likely N-dealkylation sites (tertiary alicyclic amines) is 1. The average molecular weight is 484 g/mol. The minimum absolute atomic E-state index is 0.0548. The summed E-state index contributed by atoms with van der Waals surface area (Å²) >= 11 is 0. The Kier molecular flexibility index (Phi) is 6.85. The summed E-state index contributed by atoms with van der Waals surface area (Å²) in [5, 5.41) is 14.3. The molecule has 0 aliphatic carbocycles. The molecule has 1 saturated heterocycles. The third-order valence-corrected chi connectivity index (χ3v) is 5.62. The number of carbonyl (C=O) groups excluding carboxylic acids is 2. The second-order valence-electron chi connectivity index (χ2n) is 8.26. The van der Waals surface area contributed by atoms with Gasteiger partial charge >= 0.3 is 0 Å². The first-order valence-electron chi connectivity index (χ1n) is 10.9. The van der Waals surface area contributed by atoms with Gasteiger partial charge in [0.1, 0.15) is 6.26 Å². The summed E-state index contributed by atoms with van der Waals surface area (Å²) in [5.74, 6) is -3.98. The highest BCUT2D eigenvalue weighted by Crippen LogP contribution is 2.29. The number of rotatable bonds is 7. The maximum absolute atomic E-state index is 13.7. The second kappa shape index (κ2) is 10.00. The van der Waals surface area contributed by atoms with Crippen LogP contribution in [0.15, 0.2) is 59.2 Å². The molecule has 3 aromatic rings. The van der Waals surface area contributed by atoms with Gasteiger partial charge in [-0.1, -0.05) is 30.3 Å². The highest BCUT2D eigenvalue weighted by molar-refractivity contribution is 5.92. The van der Waals surface area contributed by atoms with Crippen LogP contribution in [0, 0.1) is 10.1 Å². The topological polar surface area (TPSA) is 119 Å². The predicted molar refractivity (Wildman–Crippen MR) is 121 cm³/mol. The molecule has 1 aliphatic rings. The summed E-state index contributed by atoms with van der Waals surface area (Å²) in [6.07, 6.45) is 1.10. The van der Waals surface area contributed by atoms with E-state index in [4.69, 9.17) is 4.42 Å². The maximum Gasteiger partial charge on any atom is 0.276 e. The molecule has 0 saturated carbocycles. The minimum atomic E-state index is -2.95. The number of nitrogens with one attached hydrogen (secondary N) is 1. The van der Waals surface area contributed by atoms with Crippen molar-refractivity contribution in [3.8, 4) is 11.5 Å². The number of nitrogens with zero attached hydrogens (tertiary/aromatic N) is 3. The number of oxazole rings is 1. The van der Waals surface area contributed by atoms with Crippen molar-refractivity contribution in [2.75, 3.05) is 13.1 Å². The van der Waals surface area contributed by atoms with Crippen LogP contribution in [0.4, 0.5) is 14.5 Å². The number of hydrogen-bond acceptors (Lipinski definition) is 6. The molecule has 2 amide bonds. The lowest BCUT2D eigenvalue weighted by Gasteiger charge is -2.31. The lowest BCUT2D eigenvalue weighted by molar-refractivity contribution is -0.385. The lowest BCUT2D eigenvalue weighted by Crippen LogP contribution is -2.45. The van der Waals surface area contributed by atoms with Crippen LogP contribution in [0.1, 0.15) is 34.5 Å². The molecule has 2 aromatic carbocycles. The van der Waals surface area contributed by atoms with Crippen molar-refractivity contribution < 1.29 is 27.7 Å². The Hall–Kier alpha value is -4.15. The van der Waals surface area contributed by atoms with E-state index < -0.39 is 23.3 Å². The van der Waals surface area contributed by atoms with E-state index in [1.54, 1.807) is 0 Å². The molecule has 9 nitrogen and oxygen atoms in total. The number of benzene rings is 2. The van der Waals surface area contributed by atoms with E-state index in [0.29, 0.717) is 0 Å². The van der Waals surface area contributed by atoms with Crippen LogP contribution in [-0.4, -0.2) is 45.6 Å². The Morgan fingerprint density at radius 1 is 1.20 bits per heavy atom. The number of amides is 2. The molecule has 2 heterocycles. The number of nitro benzene ring substituents is 1. The average Bonchev–Trinajstić information content (AvgIpc) is 3.32. The van der Waals surface area contributed by atoms with Crippen LogP contribution >= 0.6 is 0 Å². The highest BCUT2D eigenvalue weighted by atomic mass is 19.3. The van der Waals surface area contributed by atoms with Crippen molar-refractivity contribution in [2.45, 2.75) is 31.7 Å². The van der Waals surface area contributed by atoms with Crippen LogP contribution in [0.3, 0.4) is 0 Å². The predicted octanol–water partition coefficient (Wildman–Crippen LogP) is 3.98. The molecule has 1 aromatic heterocycles. The Morgan fingerprint density at radius 3 is 2.69 bits per heavy atom. The largest absolute Gasteiger partial charge is 0.444 e. The summed E-state index contributed by atoms with van der Waals surface area (Å²) in [6, 6.07) is 13.3. The lowest BCUT2D eigenvalue weighted by atomic mass is 10.1. The van der Waals surface area contributed by atoms with Crippen molar-refractivity contribution in [1.29, 1.82) is 0 Å². The SMILES string of the molecule is O=C(Cc1ccccc1)NCc1ccc(-c2nc(C(=O)N3CCCC(F)(F)C3)co2)cc1[N+](=O)[O-]. The van der Waals surface area contributed by atoms with Gasteiger partial charge in [0.15, 0.2) is 5.69 Å². The van der Waals surface area contributed by atoms with Gasteiger partial charge in [-0.05, 0) is 24.1 Å². The zero-order valence-electron chi connectivity index (χ0n) is 18.6. The fraction of sp³-hybridized carbons (Fsp3) is 0.292. The normalized spacial score (nSPS) is 15.0. The molecular weight excluding hydrogens is 462 g/mol. The summed E-state index contributed by atoms with van der Waals surface area (Å²) in [7, 11) is 0. The molecule has 1 fully saturated rings. The van der Waals surface area contributed by atoms with Crippen molar-refractivity contribution in [2.24, 2.45) is 0 Å². The number of halogens is 2. The quantitative estimate of drug-likeness (QED) is 0.400. The Labute approximate surface area is 198 Å². The van der Waals surface area contributed by atoms with Crippen LogP contribution in [0.5, 0.6) is 0 Å². The molecule has 182 valence electrons. The Balaban J connectivity index is 1.46. The summed E-state index contributed by atoms with van der Waals surface area (Å²) in [4.78, 5) is 40.9. The summed E-state index contributed by atoms with van der Waals surface area (Å²) < 4.78 is 32.6. The minimum Gasteiger partial charge on any atom is -0.444 e. The molecule has 0 unspecified atom stereocenters. The zero-order chi connectivity index (χ0) is 25.0. The molecule has 4 rings (SSSR count). The number of alkyl halides is 2. The maximum atomic E-state index is 13.7. The Morgan fingerprint density at radius 2 is 1.97 bits per heavy atom. The fourth-order valence-electron chi connectivity index (χ4n) is 3.86. The van der Waals surface area contributed by atoms with Gasteiger partial charge in [0.25, 0.3) is 17.5 Å². The second-order valence-corrected chi connectivity index (χ2v) is 8.26. The number of nitro groups is 1. The van der Waals surface area contributed by atoms with E-state index in [1.807, 2.05) is 30.3 Å². The molecule has 0 radical (unpaired) electrons. The van der Waals surface area contributed by atoms with Gasteiger partial charge in [0.2, 0.25) is 11.8 Å². The van der Waals surface area contributed by atoms with E-state index in [-0.39, 0.29) is 66.7 Å². The third-order valence-electron chi connectivity index (χ3n) is 5.62. The van der Waals surface area contributed by atoms with E-state index in [9.17, 15) is 28.5 Å². The van der Waals surface area contributed by atoms with Crippen molar-refractivity contribution in [1.82, 2.24) is 15.2 Å². The van der Waals surface area contributed by atoms with Gasteiger partial charge in [-0.15, -0.1) is 0 Å². The molecule has 1 aliphatic heterocycles. The molecule has 0 spiro atoms. The van der Waals surface area contributed by atoms with Gasteiger partial charge in [-0.25, -0.2) is 13.8 Å². The molecule has 0 atom stereocenters. The smallest absolute Gasteiger partial charge is 0.276 e. The van der Waals surface area contributed by atoms with Crippen LogP contribution in [0.2, 0.25) is 0 Å². The van der Waals surface area contributed by atoms with Crippen LogP contribution in [0.25, 0.3) is 11.5 Å². The highest BCUT2D eigenvalue weighted by Gasteiger charge is 2.38. The van der Waals surface area contributed by atoms with Gasteiger partial charge in [-0.3, -0.25) is 19.7 Å². The molecule has 1 N–H and O–H groups in total. The van der Waals surface area contributed by atoms with Crippen molar-refractivity contribution in [3.63, 3.8) is 0 Å². The first-order chi connectivity index (χ1) is 16.7. The molecular formula is C24H22F2N4O5. The Bertz CT molecular complexity index is 1250. The monoisotopic (exact) mass is 484 g/mol. The standard InChI is InChI=1S/C24H22F2N4O5/c25-24(26)9-4-10-29(15-24)23(32)19-14-35-22(28-19)17-7-8-18(20(12-17)30(33)34)13-27-21(31)11-16-5-2-1-3-6-16/h1-3,5-8,12,14H,4,9-11,13,15H2,(H,27,31). The first kappa shape index (κ1) is 24.0.